The number of primary amides is 1. The van der Waals surface area contributed by atoms with Crippen LogP contribution in [0.15, 0.2) is 0 Å². The minimum absolute atomic E-state index is 0. The average Bonchev–Trinajstić information content (AvgIpc) is 2.30. The predicted octanol–water partition coefficient (Wildman–Crippen LogP) is 0.605. The highest BCUT2D eigenvalue weighted by Gasteiger charge is 2.25. The fourth-order valence-corrected chi connectivity index (χ4v) is 2.88. The van der Waals surface area contributed by atoms with Gasteiger partial charge in [-0.1, -0.05) is 0 Å². The van der Waals surface area contributed by atoms with Crippen molar-refractivity contribution in [3.05, 3.63) is 0 Å². The Bertz CT molecular complexity index is 244. The number of amides is 1. The third-order valence-corrected chi connectivity index (χ3v) is 3.88. The number of nitrogens with one attached hydrogen (secondary N) is 1. The Balaban J connectivity index is 0.00000144. The molecule has 2 fully saturated rings. The lowest BCUT2D eigenvalue weighted by molar-refractivity contribution is -0.123. The highest BCUT2D eigenvalue weighted by atomic mass is 35.5. The minimum atomic E-state index is -0.116. The Kier molecular flexibility index (Phi) is 6.23. The van der Waals surface area contributed by atoms with E-state index in [0.717, 1.165) is 51.5 Å². The van der Waals surface area contributed by atoms with Gasteiger partial charge in [0.2, 0.25) is 5.91 Å². The van der Waals surface area contributed by atoms with Gasteiger partial charge in [-0.3, -0.25) is 4.79 Å². The molecule has 0 aromatic rings. The highest BCUT2D eigenvalue weighted by Crippen LogP contribution is 2.20. The number of rotatable bonds is 3. The Hall–Kier alpha value is -0.320. The summed E-state index contributed by atoms with van der Waals surface area (Å²) in [6.07, 6.45) is 4.66. The molecule has 2 heterocycles. The standard InChI is InChI=1S/C12H23N3O.ClH/c13-12(16)11-2-1-7-15(9-11)8-10-3-5-14-6-4-10;/h10-11,14H,1-9H2,(H2,13,16);1H. The second-order valence-electron chi connectivity index (χ2n) is 5.19. The third-order valence-electron chi connectivity index (χ3n) is 3.88. The molecule has 2 saturated heterocycles. The first-order chi connectivity index (χ1) is 7.75. The van der Waals surface area contributed by atoms with Gasteiger partial charge in [0.15, 0.2) is 0 Å². The summed E-state index contributed by atoms with van der Waals surface area (Å²) in [5, 5.41) is 3.39. The third kappa shape index (κ3) is 4.45. The molecule has 5 heteroatoms. The zero-order chi connectivity index (χ0) is 11.4. The van der Waals surface area contributed by atoms with Gasteiger partial charge in [-0.2, -0.15) is 0 Å². The second-order valence-corrected chi connectivity index (χ2v) is 5.19. The molecule has 2 rings (SSSR count). The van der Waals surface area contributed by atoms with Gasteiger partial charge in [0.05, 0.1) is 5.92 Å². The fourth-order valence-electron chi connectivity index (χ4n) is 2.88. The van der Waals surface area contributed by atoms with E-state index in [0.29, 0.717) is 0 Å². The Labute approximate surface area is 110 Å². The average molecular weight is 262 g/mol. The molecule has 3 N–H and O–H groups in total. The fraction of sp³-hybridized carbons (Fsp3) is 0.917. The van der Waals surface area contributed by atoms with E-state index in [2.05, 4.69) is 10.2 Å². The van der Waals surface area contributed by atoms with E-state index in [9.17, 15) is 4.79 Å². The molecular formula is C12H24ClN3O. The summed E-state index contributed by atoms with van der Waals surface area (Å²) in [6.45, 7) is 5.49. The molecule has 0 bridgehead atoms. The lowest BCUT2D eigenvalue weighted by Gasteiger charge is -2.35. The van der Waals surface area contributed by atoms with Crippen molar-refractivity contribution in [2.45, 2.75) is 25.7 Å². The topological polar surface area (TPSA) is 58.4 Å². The van der Waals surface area contributed by atoms with Crippen molar-refractivity contribution in [3.8, 4) is 0 Å². The van der Waals surface area contributed by atoms with E-state index in [-0.39, 0.29) is 24.2 Å². The van der Waals surface area contributed by atoms with E-state index in [4.69, 9.17) is 5.73 Å². The molecule has 0 aromatic carbocycles. The van der Waals surface area contributed by atoms with Gasteiger partial charge in [-0.05, 0) is 51.2 Å². The first-order valence-electron chi connectivity index (χ1n) is 6.48. The summed E-state index contributed by atoms with van der Waals surface area (Å²) < 4.78 is 0. The van der Waals surface area contributed by atoms with E-state index < -0.39 is 0 Å². The van der Waals surface area contributed by atoms with Crippen LogP contribution in [0.4, 0.5) is 0 Å². The summed E-state index contributed by atoms with van der Waals surface area (Å²) in [7, 11) is 0. The van der Waals surface area contributed by atoms with Gasteiger partial charge in [0.1, 0.15) is 0 Å². The maximum absolute atomic E-state index is 11.2. The van der Waals surface area contributed by atoms with Crippen molar-refractivity contribution in [1.82, 2.24) is 10.2 Å². The van der Waals surface area contributed by atoms with Crippen molar-refractivity contribution in [2.75, 3.05) is 32.7 Å². The molecule has 0 spiro atoms. The molecule has 0 aromatic heterocycles. The minimum Gasteiger partial charge on any atom is -0.369 e. The van der Waals surface area contributed by atoms with Crippen LogP contribution in [-0.4, -0.2) is 43.5 Å². The smallest absolute Gasteiger partial charge is 0.221 e. The van der Waals surface area contributed by atoms with Crippen molar-refractivity contribution in [1.29, 1.82) is 0 Å². The van der Waals surface area contributed by atoms with E-state index >= 15 is 0 Å². The van der Waals surface area contributed by atoms with Crippen molar-refractivity contribution in [3.63, 3.8) is 0 Å². The lowest BCUT2D eigenvalue weighted by atomic mass is 9.93. The van der Waals surface area contributed by atoms with Crippen LogP contribution in [0.25, 0.3) is 0 Å². The number of piperidine rings is 2. The number of hydrogen-bond acceptors (Lipinski definition) is 3. The molecule has 100 valence electrons. The van der Waals surface area contributed by atoms with Crippen molar-refractivity contribution < 1.29 is 4.79 Å². The van der Waals surface area contributed by atoms with Crippen LogP contribution in [0.1, 0.15) is 25.7 Å². The molecule has 1 atom stereocenters. The van der Waals surface area contributed by atoms with Crippen LogP contribution in [-0.2, 0) is 4.79 Å². The largest absolute Gasteiger partial charge is 0.369 e. The predicted molar refractivity (Wildman–Crippen MR) is 71.2 cm³/mol. The monoisotopic (exact) mass is 261 g/mol. The van der Waals surface area contributed by atoms with Gasteiger partial charge in [-0.15, -0.1) is 12.4 Å². The van der Waals surface area contributed by atoms with Crippen LogP contribution in [0, 0.1) is 11.8 Å². The Morgan fingerprint density at radius 1 is 1.29 bits per heavy atom. The van der Waals surface area contributed by atoms with Crippen LogP contribution in [0.2, 0.25) is 0 Å². The number of hydrogen-bond donors (Lipinski definition) is 2. The SMILES string of the molecule is Cl.NC(=O)C1CCCN(CC2CCNCC2)C1. The molecular weight excluding hydrogens is 238 g/mol. The maximum atomic E-state index is 11.2. The van der Waals surface area contributed by atoms with Gasteiger partial charge in [0.25, 0.3) is 0 Å². The molecule has 1 amide bonds. The normalized spacial score (nSPS) is 27.4. The highest BCUT2D eigenvalue weighted by molar-refractivity contribution is 5.85. The molecule has 17 heavy (non-hydrogen) atoms. The van der Waals surface area contributed by atoms with Crippen LogP contribution >= 0.6 is 12.4 Å². The Morgan fingerprint density at radius 3 is 2.65 bits per heavy atom. The molecule has 2 aliphatic heterocycles. The van der Waals surface area contributed by atoms with Crippen LogP contribution in [0.5, 0.6) is 0 Å². The number of halogens is 1. The molecule has 0 saturated carbocycles. The van der Waals surface area contributed by atoms with Crippen molar-refractivity contribution in [2.24, 2.45) is 17.6 Å². The zero-order valence-electron chi connectivity index (χ0n) is 10.4. The van der Waals surface area contributed by atoms with E-state index in [1.54, 1.807) is 0 Å². The van der Waals surface area contributed by atoms with Crippen molar-refractivity contribution >= 4 is 18.3 Å². The summed E-state index contributed by atoms with van der Waals surface area (Å²) in [5.41, 5.74) is 5.39. The lowest BCUT2D eigenvalue weighted by Crippen LogP contribution is -2.44. The van der Waals surface area contributed by atoms with Gasteiger partial charge in [-0.25, -0.2) is 0 Å². The number of carbonyl (C=O) groups is 1. The summed E-state index contributed by atoms with van der Waals surface area (Å²) in [6, 6.07) is 0. The molecule has 0 aliphatic carbocycles. The van der Waals surface area contributed by atoms with E-state index in [1.807, 2.05) is 0 Å². The zero-order valence-corrected chi connectivity index (χ0v) is 11.2. The molecule has 0 radical (unpaired) electrons. The summed E-state index contributed by atoms with van der Waals surface area (Å²) in [5.74, 6) is 0.790. The number of carbonyl (C=O) groups excluding carboxylic acids is 1. The van der Waals surface area contributed by atoms with Gasteiger partial charge in [0, 0.05) is 13.1 Å². The number of nitrogens with two attached hydrogens (primary N) is 1. The maximum Gasteiger partial charge on any atom is 0.221 e. The molecule has 2 aliphatic rings. The summed E-state index contributed by atoms with van der Waals surface area (Å²) in [4.78, 5) is 13.6. The number of likely N-dealkylation sites (tertiary alicyclic amines) is 1. The van der Waals surface area contributed by atoms with Gasteiger partial charge >= 0.3 is 0 Å². The summed E-state index contributed by atoms with van der Waals surface area (Å²) >= 11 is 0. The van der Waals surface area contributed by atoms with Crippen LogP contribution in [0.3, 0.4) is 0 Å². The van der Waals surface area contributed by atoms with Gasteiger partial charge < -0.3 is 16.0 Å². The van der Waals surface area contributed by atoms with Crippen LogP contribution < -0.4 is 11.1 Å². The number of nitrogens with zero attached hydrogens (tertiary/aromatic N) is 1. The van der Waals surface area contributed by atoms with E-state index in [1.165, 1.54) is 12.8 Å². The Morgan fingerprint density at radius 2 is 2.00 bits per heavy atom. The molecule has 4 nitrogen and oxygen atoms in total. The first-order valence-corrected chi connectivity index (χ1v) is 6.48. The molecule has 1 unspecified atom stereocenters. The second kappa shape index (κ2) is 7.19. The quantitative estimate of drug-likeness (QED) is 0.783. The first kappa shape index (κ1) is 14.7.